The molecule has 2 aromatic rings. The summed E-state index contributed by atoms with van der Waals surface area (Å²) < 4.78 is 21.0. The molecule has 1 heterocycles. The van der Waals surface area contributed by atoms with Crippen LogP contribution in [0.15, 0.2) is 29.0 Å². The molecule has 0 amide bonds. The molecule has 0 unspecified atom stereocenters. The zero-order valence-corrected chi connectivity index (χ0v) is 11.7. The first kappa shape index (κ1) is 13.0. The summed E-state index contributed by atoms with van der Waals surface area (Å²) in [5, 5.41) is 4.10. The summed E-state index contributed by atoms with van der Waals surface area (Å²) in [5.74, 6) is 0.833. The van der Waals surface area contributed by atoms with Gasteiger partial charge in [0.1, 0.15) is 24.5 Å². The standard InChI is InChI=1S/C12H13BrFN3O/c1-8(2)17-12(15-7-16-17)6-18-9-3-4-10(13)11(14)5-9/h3-5,7-8H,6H2,1-2H3. The monoisotopic (exact) mass is 313 g/mol. The first-order chi connectivity index (χ1) is 8.58. The first-order valence-corrected chi connectivity index (χ1v) is 6.33. The average molecular weight is 314 g/mol. The van der Waals surface area contributed by atoms with Crippen molar-refractivity contribution in [2.75, 3.05) is 0 Å². The minimum Gasteiger partial charge on any atom is -0.486 e. The lowest BCUT2D eigenvalue weighted by molar-refractivity contribution is 0.281. The topological polar surface area (TPSA) is 39.9 Å². The van der Waals surface area contributed by atoms with Crippen molar-refractivity contribution in [3.05, 3.63) is 40.6 Å². The van der Waals surface area contributed by atoms with Gasteiger partial charge in [-0.3, -0.25) is 0 Å². The third kappa shape index (κ3) is 2.87. The van der Waals surface area contributed by atoms with Crippen LogP contribution in [0.5, 0.6) is 5.75 Å². The van der Waals surface area contributed by atoms with Crippen LogP contribution in [0, 0.1) is 5.82 Å². The Morgan fingerprint density at radius 3 is 2.89 bits per heavy atom. The van der Waals surface area contributed by atoms with Crippen LogP contribution in [0.4, 0.5) is 4.39 Å². The summed E-state index contributed by atoms with van der Waals surface area (Å²) >= 11 is 3.09. The molecular formula is C12H13BrFN3O. The summed E-state index contributed by atoms with van der Waals surface area (Å²) in [7, 11) is 0. The van der Waals surface area contributed by atoms with Gasteiger partial charge in [-0.15, -0.1) is 0 Å². The van der Waals surface area contributed by atoms with Gasteiger partial charge in [0.15, 0.2) is 5.82 Å². The van der Waals surface area contributed by atoms with Gasteiger partial charge >= 0.3 is 0 Å². The predicted octanol–water partition coefficient (Wildman–Crippen LogP) is 3.34. The highest BCUT2D eigenvalue weighted by atomic mass is 79.9. The first-order valence-electron chi connectivity index (χ1n) is 5.54. The maximum atomic E-state index is 13.3. The third-order valence-electron chi connectivity index (χ3n) is 2.40. The zero-order valence-electron chi connectivity index (χ0n) is 10.1. The van der Waals surface area contributed by atoms with E-state index in [1.165, 1.54) is 12.4 Å². The molecule has 1 aromatic carbocycles. The highest BCUT2D eigenvalue weighted by Gasteiger charge is 2.08. The van der Waals surface area contributed by atoms with Crippen LogP contribution in [0.2, 0.25) is 0 Å². The molecule has 0 fully saturated rings. The van der Waals surface area contributed by atoms with Gasteiger partial charge < -0.3 is 4.74 Å². The smallest absolute Gasteiger partial charge is 0.165 e. The number of rotatable bonds is 4. The minimum absolute atomic E-state index is 0.216. The second-order valence-corrected chi connectivity index (χ2v) is 4.93. The number of nitrogens with zero attached hydrogens (tertiary/aromatic N) is 3. The molecule has 0 saturated heterocycles. The van der Waals surface area contributed by atoms with Crippen molar-refractivity contribution in [1.82, 2.24) is 14.8 Å². The van der Waals surface area contributed by atoms with Crippen molar-refractivity contribution in [3.8, 4) is 5.75 Å². The Bertz CT molecular complexity index is 542. The maximum Gasteiger partial charge on any atom is 0.165 e. The summed E-state index contributed by atoms with van der Waals surface area (Å²) in [4.78, 5) is 4.12. The van der Waals surface area contributed by atoms with Gasteiger partial charge in [0.25, 0.3) is 0 Å². The molecule has 0 N–H and O–H groups in total. The molecule has 0 spiro atoms. The quantitative estimate of drug-likeness (QED) is 0.869. The van der Waals surface area contributed by atoms with Gasteiger partial charge in [-0.1, -0.05) is 0 Å². The van der Waals surface area contributed by atoms with E-state index in [9.17, 15) is 4.39 Å². The molecule has 1 aromatic heterocycles. The van der Waals surface area contributed by atoms with E-state index in [0.717, 1.165) is 0 Å². The minimum atomic E-state index is -0.349. The van der Waals surface area contributed by atoms with Crippen LogP contribution in [0.1, 0.15) is 25.7 Å². The van der Waals surface area contributed by atoms with Crippen molar-refractivity contribution in [2.45, 2.75) is 26.5 Å². The zero-order chi connectivity index (χ0) is 13.1. The number of benzene rings is 1. The molecule has 4 nitrogen and oxygen atoms in total. The molecule has 96 valence electrons. The van der Waals surface area contributed by atoms with E-state index in [1.54, 1.807) is 16.8 Å². The Morgan fingerprint density at radius 2 is 2.22 bits per heavy atom. The molecule has 0 saturated carbocycles. The highest BCUT2D eigenvalue weighted by Crippen LogP contribution is 2.21. The summed E-state index contributed by atoms with van der Waals surface area (Å²) in [5.41, 5.74) is 0. The van der Waals surface area contributed by atoms with E-state index >= 15 is 0 Å². The second kappa shape index (κ2) is 5.48. The van der Waals surface area contributed by atoms with E-state index in [1.807, 2.05) is 13.8 Å². The van der Waals surface area contributed by atoms with Crippen LogP contribution in [0.3, 0.4) is 0 Å². The molecule has 0 aliphatic heterocycles. The molecule has 0 radical (unpaired) electrons. The Labute approximate surface area is 113 Å². The lowest BCUT2D eigenvalue weighted by Crippen LogP contribution is -2.10. The molecule has 0 bridgehead atoms. The lowest BCUT2D eigenvalue weighted by atomic mass is 10.3. The second-order valence-electron chi connectivity index (χ2n) is 4.08. The molecular weight excluding hydrogens is 301 g/mol. The van der Waals surface area contributed by atoms with Gasteiger partial charge in [0.2, 0.25) is 0 Å². The fourth-order valence-corrected chi connectivity index (χ4v) is 1.77. The SMILES string of the molecule is CC(C)n1ncnc1COc1ccc(Br)c(F)c1. The Kier molecular flexibility index (Phi) is 3.96. The van der Waals surface area contributed by atoms with Crippen molar-refractivity contribution in [3.63, 3.8) is 0 Å². The fourth-order valence-electron chi connectivity index (χ4n) is 1.52. The van der Waals surface area contributed by atoms with E-state index in [2.05, 4.69) is 26.0 Å². The van der Waals surface area contributed by atoms with Crippen LogP contribution in [0.25, 0.3) is 0 Å². The lowest BCUT2D eigenvalue weighted by Gasteiger charge is -2.10. The van der Waals surface area contributed by atoms with Gasteiger partial charge in [0.05, 0.1) is 4.47 Å². The summed E-state index contributed by atoms with van der Waals surface area (Å²) in [6, 6.07) is 4.86. The number of ether oxygens (including phenoxy) is 1. The third-order valence-corrected chi connectivity index (χ3v) is 3.04. The van der Waals surface area contributed by atoms with Crippen LogP contribution < -0.4 is 4.74 Å². The van der Waals surface area contributed by atoms with Crippen molar-refractivity contribution >= 4 is 15.9 Å². The normalized spacial score (nSPS) is 10.9. The molecule has 0 aliphatic rings. The van der Waals surface area contributed by atoms with Crippen molar-refractivity contribution in [1.29, 1.82) is 0 Å². The Hall–Kier alpha value is -1.43. The number of aromatic nitrogens is 3. The van der Waals surface area contributed by atoms with Gasteiger partial charge in [-0.05, 0) is 41.9 Å². The van der Waals surface area contributed by atoms with Crippen molar-refractivity contribution < 1.29 is 9.13 Å². The van der Waals surface area contributed by atoms with E-state index < -0.39 is 0 Å². The fraction of sp³-hybridized carbons (Fsp3) is 0.333. The number of hydrogen-bond acceptors (Lipinski definition) is 3. The van der Waals surface area contributed by atoms with Gasteiger partial charge in [-0.2, -0.15) is 5.10 Å². The van der Waals surface area contributed by atoms with Crippen molar-refractivity contribution in [2.24, 2.45) is 0 Å². The summed E-state index contributed by atoms with van der Waals surface area (Å²) in [6.45, 7) is 4.29. The molecule has 6 heteroatoms. The van der Waals surface area contributed by atoms with E-state index in [4.69, 9.17) is 4.74 Å². The number of hydrogen-bond donors (Lipinski definition) is 0. The maximum absolute atomic E-state index is 13.3. The van der Waals surface area contributed by atoms with Crippen LogP contribution >= 0.6 is 15.9 Å². The average Bonchev–Trinajstić information content (AvgIpc) is 2.79. The number of halogens is 2. The van der Waals surface area contributed by atoms with Crippen LogP contribution in [-0.4, -0.2) is 14.8 Å². The van der Waals surface area contributed by atoms with E-state index in [0.29, 0.717) is 16.0 Å². The Morgan fingerprint density at radius 1 is 1.44 bits per heavy atom. The molecule has 18 heavy (non-hydrogen) atoms. The molecule has 0 atom stereocenters. The van der Waals surface area contributed by atoms with Gasteiger partial charge in [0, 0.05) is 12.1 Å². The van der Waals surface area contributed by atoms with Gasteiger partial charge in [-0.25, -0.2) is 14.1 Å². The van der Waals surface area contributed by atoms with E-state index in [-0.39, 0.29) is 18.5 Å². The molecule has 0 aliphatic carbocycles. The largest absolute Gasteiger partial charge is 0.486 e. The Balaban J connectivity index is 2.07. The highest BCUT2D eigenvalue weighted by molar-refractivity contribution is 9.10. The van der Waals surface area contributed by atoms with Crippen LogP contribution in [-0.2, 0) is 6.61 Å². The predicted molar refractivity (Wildman–Crippen MR) is 68.8 cm³/mol. The molecule has 2 rings (SSSR count). The summed E-state index contributed by atoms with van der Waals surface area (Å²) in [6.07, 6.45) is 1.49.